The van der Waals surface area contributed by atoms with Gasteiger partial charge in [-0.2, -0.15) is 5.10 Å². The molecular formula is C28H34BrN3O5S. The third kappa shape index (κ3) is 5.01. The summed E-state index contributed by atoms with van der Waals surface area (Å²) in [5.74, 6) is 1.20. The number of methoxy groups -OCH3 is 2. The number of nitrogens with zero attached hydrogens (tertiary/aromatic N) is 3. The summed E-state index contributed by atoms with van der Waals surface area (Å²) in [6.45, 7) is 8.50. The van der Waals surface area contributed by atoms with Crippen molar-refractivity contribution in [3.8, 4) is 11.5 Å². The van der Waals surface area contributed by atoms with Crippen LogP contribution in [0.1, 0.15) is 43.1 Å². The summed E-state index contributed by atoms with van der Waals surface area (Å²) >= 11 is 3.48. The molecule has 204 valence electrons. The molecule has 1 saturated heterocycles. The Morgan fingerprint density at radius 3 is 2.34 bits per heavy atom. The molecular weight excluding hydrogens is 570 g/mol. The molecule has 10 heteroatoms. The van der Waals surface area contributed by atoms with Crippen molar-refractivity contribution >= 4 is 38.0 Å². The molecule has 0 saturated carbocycles. The van der Waals surface area contributed by atoms with Gasteiger partial charge in [0, 0.05) is 28.5 Å². The van der Waals surface area contributed by atoms with E-state index in [9.17, 15) is 13.2 Å². The number of halogens is 1. The van der Waals surface area contributed by atoms with Gasteiger partial charge in [0.15, 0.2) is 11.5 Å². The van der Waals surface area contributed by atoms with Crippen LogP contribution in [0.2, 0.25) is 0 Å². The molecule has 0 spiro atoms. The average Bonchev–Trinajstić information content (AvgIpc) is 3.19. The summed E-state index contributed by atoms with van der Waals surface area (Å²) in [4.78, 5) is 12.3. The molecule has 2 aromatic carbocycles. The van der Waals surface area contributed by atoms with Crippen LogP contribution < -0.4 is 9.47 Å². The molecule has 0 aromatic heterocycles. The molecule has 0 bridgehead atoms. The number of piperidine rings is 1. The van der Waals surface area contributed by atoms with Gasteiger partial charge in [-0.3, -0.25) is 5.01 Å². The topological polar surface area (TPSA) is 88.5 Å². The average molecular weight is 605 g/mol. The minimum absolute atomic E-state index is 0.0702. The number of hydrazone groups is 1. The molecule has 4 rings (SSSR count). The van der Waals surface area contributed by atoms with Crippen LogP contribution in [0.3, 0.4) is 0 Å². The fourth-order valence-electron chi connectivity index (χ4n) is 5.37. The van der Waals surface area contributed by atoms with Gasteiger partial charge in [-0.15, -0.1) is 6.58 Å². The molecule has 2 heterocycles. The molecule has 2 aromatic rings. The SMILES string of the molecule is C=CC(c1ccccc1Br)S(=O)(=O)N1CCC(N2N=C(c3ccc(OC)c(OC)c3)C(C)(C)C2C=O)CC1. The van der Waals surface area contributed by atoms with Crippen LogP contribution in [0.4, 0.5) is 0 Å². The fraction of sp³-hybridized carbons (Fsp3) is 0.429. The first-order valence-corrected chi connectivity index (χ1v) is 14.8. The Hall–Kier alpha value is -2.69. The minimum Gasteiger partial charge on any atom is -0.493 e. The smallest absolute Gasteiger partial charge is 0.224 e. The number of carbonyl (C=O) groups is 1. The predicted octanol–water partition coefficient (Wildman–Crippen LogP) is 4.80. The molecule has 2 unspecified atom stereocenters. The van der Waals surface area contributed by atoms with Gasteiger partial charge in [0.25, 0.3) is 0 Å². The van der Waals surface area contributed by atoms with Crippen LogP contribution in [0.15, 0.2) is 64.7 Å². The number of aldehydes is 1. The van der Waals surface area contributed by atoms with Crippen molar-refractivity contribution in [3.05, 3.63) is 70.7 Å². The van der Waals surface area contributed by atoms with Crippen LogP contribution in [0.5, 0.6) is 11.5 Å². The zero-order valence-electron chi connectivity index (χ0n) is 22.1. The van der Waals surface area contributed by atoms with Crippen LogP contribution in [0, 0.1) is 5.41 Å². The molecule has 38 heavy (non-hydrogen) atoms. The van der Waals surface area contributed by atoms with Crippen LogP contribution in [-0.2, 0) is 14.8 Å². The maximum atomic E-state index is 13.6. The summed E-state index contributed by atoms with van der Waals surface area (Å²) in [6, 6.07) is 12.4. The van der Waals surface area contributed by atoms with Crippen molar-refractivity contribution < 1.29 is 22.7 Å². The van der Waals surface area contributed by atoms with E-state index < -0.39 is 26.7 Å². The second-order valence-electron chi connectivity index (χ2n) is 10.1. The van der Waals surface area contributed by atoms with Crippen LogP contribution >= 0.6 is 15.9 Å². The Bertz CT molecular complexity index is 1340. The van der Waals surface area contributed by atoms with Crippen molar-refractivity contribution in [1.29, 1.82) is 0 Å². The quantitative estimate of drug-likeness (QED) is 0.302. The number of ether oxygens (including phenoxy) is 2. The molecule has 0 amide bonds. The van der Waals surface area contributed by atoms with Gasteiger partial charge in [-0.1, -0.05) is 54.1 Å². The fourth-order valence-corrected chi connectivity index (χ4v) is 7.86. The predicted molar refractivity (Wildman–Crippen MR) is 152 cm³/mol. The molecule has 0 aliphatic carbocycles. The maximum absolute atomic E-state index is 13.6. The van der Waals surface area contributed by atoms with E-state index in [0.29, 0.717) is 43.0 Å². The van der Waals surface area contributed by atoms with E-state index in [-0.39, 0.29) is 6.04 Å². The highest BCUT2D eigenvalue weighted by molar-refractivity contribution is 9.10. The van der Waals surface area contributed by atoms with Crippen molar-refractivity contribution in [3.63, 3.8) is 0 Å². The van der Waals surface area contributed by atoms with Crippen LogP contribution in [0.25, 0.3) is 0 Å². The lowest BCUT2D eigenvalue weighted by molar-refractivity contribution is -0.115. The third-order valence-electron chi connectivity index (χ3n) is 7.54. The molecule has 2 aliphatic heterocycles. The van der Waals surface area contributed by atoms with Gasteiger partial charge in [0.1, 0.15) is 17.6 Å². The van der Waals surface area contributed by atoms with E-state index in [2.05, 4.69) is 22.5 Å². The van der Waals surface area contributed by atoms with Crippen molar-refractivity contribution in [2.75, 3.05) is 27.3 Å². The van der Waals surface area contributed by atoms with Crippen molar-refractivity contribution in [2.45, 2.75) is 44.0 Å². The molecule has 1 fully saturated rings. The third-order valence-corrected chi connectivity index (χ3v) is 10.4. The highest BCUT2D eigenvalue weighted by atomic mass is 79.9. The molecule has 8 nitrogen and oxygen atoms in total. The number of hydrogen-bond donors (Lipinski definition) is 0. The second kappa shape index (κ2) is 11.2. The number of rotatable bonds is 9. The van der Waals surface area contributed by atoms with Gasteiger partial charge in [-0.05, 0) is 42.7 Å². The van der Waals surface area contributed by atoms with E-state index in [0.717, 1.165) is 22.0 Å². The second-order valence-corrected chi connectivity index (χ2v) is 13.0. The van der Waals surface area contributed by atoms with Gasteiger partial charge in [0.2, 0.25) is 10.0 Å². The Morgan fingerprint density at radius 2 is 1.76 bits per heavy atom. The molecule has 2 aliphatic rings. The monoisotopic (exact) mass is 603 g/mol. The lowest BCUT2D eigenvalue weighted by atomic mass is 9.78. The minimum atomic E-state index is -3.67. The normalized spacial score (nSPS) is 21.0. The van der Waals surface area contributed by atoms with Crippen molar-refractivity contribution in [2.24, 2.45) is 10.5 Å². The summed E-state index contributed by atoms with van der Waals surface area (Å²) < 4.78 is 40.3. The summed E-state index contributed by atoms with van der Waals surface area (Å²) in [5.41, 5.74) is 1.74. The molecule has 0 radical (unpaired) electrons. The number of hydrogen-bond acceptors (Lipinski definition) is 7. The van der Waals surface area contributed by atoms with Gasteiger partial charge >= 0.3 is 0 Å². The Balaban J connectivity index is 1.57. The first-order chi connectivity index (χ1) is 18.1. The lowest BCUT2D eigenvalue weighted by Gasteiger charge is -2.39. The van der Waals surface area contributed by atoms with Gasteiger partial charge in [0.05, 0.1) is 26.0 Å². The Kier molecular flexibility index (Phi) is 8.34. The maximum Gasteiger partial charge on any atom is 0.224 e. The summed E-state index contributed by atoms with van der Waals surface area (Å²) in [5, 5.41) is 5.98. The van der Waals surface area contributed by atoms with E-state index in [4.69, 9.17) is 14.6 Å². The molecule has 0 N–H and O–H groups in total. The molecule has 2 atom stereocenters. The first kappa shape index (κ1) is 28.3. The van der Waals surface area contributed by atoms with Gasteiger partial charge < -0.3 is 14.3 Å². The number of benzene rings is 2. The lowest BCUT2D eigenvalue weighted by Crippen LogP contribution is -2.50. The van der Waals surface area contributed by atoms with Crippen molar-refractivity contribution in [1.82, 2.24) is 9.31 Å². The highest BCUT2D eigenvalue weighted by Crippen LogP contribution is 2.41. The summed E-state index contributed by atoms with van der Waals surface area (Å²) in [7, 11) is -0.504. The highest BCUT2D eigenvalue weighted by Gasteiger charge is 2.48. The van der Waals surface area contributed by atoms with E-state index in [1.54, 1.807) is 20.3 Å². The van der Waals surface area contributed by atoms with Gasteiger partial charge in [-0.25, -0.2) is 12.7 Å². The van der Waals surface area contributed by atoms with E-state index in [1.807, 2.05) is 55.3 Å². The largest absolute Gasteiger partial charge is 0.493 e. The Labute approximate surface area is 233 Å². The zero-order chi connectivity index (χ0) is 27.7. The Morgan fingerprint density at radius 1 is 1.11 bits per heavy atom. The standard InChI is InChI=1S/C28H34BrN3O5S/c1-6-25(21-9-7-8-10-22(21)29)38(34,35)31-15-13-20(14-16-31)32-26(18-33)28(2,3)27(30-32)19-11-12-23(36-4)24(17-19)37-5/h6-12,17-18,20,25-26H,1,13-16H2,2-5H3. The van der Waals surface area contributed by atoms with E-state index in [1.165, 1.54) is 10.4 Å². The number of sulfonamides is 1. The first-order valence-electron chi connectivity index (χ1n) is 12.5. The number of carbonyl (C=O) groups excluding carboxylic acids is 1. The van der Waals surface area contributed by atoms with Crippen LogP contribution in [-0.4, -0.2) is 69.1 Å². The summed E-state index contributed by atoms with van der Waals surface area (Å²) in [6.07, 6.45) is 3.54. The van der Waals surface area contributed by atoms with E-state index >= 15 is 0 Å². The zero-order valence-corrected chi connectivity index (χ0v) is 24.5.